The topological polar surface area (TPSA) is 54.7 Å². The molecule has 0 radical (unpaired) electrons. The summed E-state index contributed by atoms with van der Waals surface area (Å²) in [5.41, 5.74) is 7.94. The number of imidazole rings is 1. The zero-order valence-electron chi connectivity index (χ0n) is 11.2. The average Bonchev–Trinajstić information content (AvgIpc) is 3.15. The van der Waals surface area contributed by atoms with Crippen LogP contribution in [-0.2, 0) is 5.54 Å². The second-order valence-corrected chi connectivity index (χ2v) is 5.60. The van der Waals surface area contributed by atoms with Crippen LogP contribution in [0.3, 0.4) is 0 Å². The minimum Gasteiger partial charge on any atom is -0.344 e. The third-order valence-electron chi connectivity index (χ3n) is 3.95. The normalized spacial score (nSPS) is 18.3. The third kappa shape index (κ3) is 2.06. The van der Waals surface area contributed by atoms with E-state index >= 15 is 0 Å². The fourth-order valence-electron chi connectivity index (χ4n) is 2.51. The molecule has 1 aliphatic carbocycles. The number of rotatable bonds is 3. The molecule has 19 heavy (non-hydrogen) atoms. The Bertz CT molecular complexity index is 612. The van der Waals surface area contributed by atoms with Crippen molar-refractivity contribution >= 4 is 0 Å². The molecule has 1 fully saturated rings. The highest BCUT2D eigenvalue weighted by Crippen LogP contribution is 2.43. The van der Waals surface area contributed by atoms with Crippen LogP contribution in [0.2, 0.25) is 0 Å². The molecule has 1 aromatic heterocycles. The van der Waals surface area contributed by atoms with Crippen LogP contribution in [0.4, 0.5) is 4.39 Å². The SMILES string of the molecule is Cc1[nH]c(C(C)(N)C2CC2)nc1-c1ccccc1F. The summed E-state index contributed by atoms with van der Waals surface area (Å²) < 4.78 is 13.8. The second kappa shape index (κ2) is 4.17. The molecule has 4 heteroatoms. The monoisotopic (exact) mass is 259 g/mol. The first kappa shape index (κ1) is 12.4. The van der Waals surface area contributed by atoms with Crippen molar-refractivity contribution in [2.75, 3.05) is 0 Å². The van der Waals surface area contributed by atoms with Crippen LogP contribution in [0, 0.1) is 18.7 Å². The van der Waals surface area contributed by atoms with E-state index in [1.165, 1.54) is 6.07 Å². The van der Waals surface area contributed by atoms with Gasteiger partial charge in [-0.2, -0.15) is 0 Å². The molecule has 0 saturated heterocycles. The number of nitrogens with zero attached hydrogens (tertiary/aromatic N) is 1. The molecule has 3 N–H and O–H groups in total. The van der Waals surface area contributed by atoms with Gasteiger partial charge in [0.15, 0.2) is 0 Å². The molecule has 1 unspecified atom stereocenters. The molecule has 0 amide bonds. The summed E-state index contributed by atoms with van der Waals surface area (Å²) in [6.07, 6.45) is 2.28. The van der Waals surface area contributed by atoms with E-state index in [4.69, 9.17) is 5.73 Å². The maximum absolute atomic E-state index is 13.8. The maximum atomic E-state index is 13.8. The summed E-state index contributed by atoms with van der Waals surface area (Å²) in [4.78, 5) is 7.78. The largest absolute Gasteiger partial charge is 0.344 e. The Morgan fingerprint density at radius 3 is 2.68 bits per heavy atom. The number of aryl methyl sites for hydroxylation is 1. The van der Waals surface area contributed by atoms with Gasteiger partial charge in [-0.25, -0.2) is 9.37 Å². The molecule has 1 aromatic carbocycles. The van der Waals surface area contributed by atoms with Crippen molar-refractivity contribution in [2.45, 2.75) is 32.2 Å². The molecular weight excluding hydrogens is 241 g/mol. The first-order valence-electron chi connectivity index (χ1n) is 6.61. The van der Waals surface area contributed by atoms with E-state index < -0.39 is 5.54 Å². The van der Waals surface area contributed by atoms with Gasteiger partial charge >= 0.3 is 0 Å². The Hall–Kier alpha value is -1.68. The van der Waals surface area contributed by atoms with Crippen molar-refractivity contribution in [3.8, 4) is 11.3 Å². The molecule has 1 atom stereocenters. The summed E-state index contributed by atoms with van der Waals surface area (Å²) in [7, 11) is 0. The Balaban J connectivity index is 2.05. The number of hydrogen-bond acceptors (Lipinski definition) is 2. The van der Waals surface area contributed by atoms with Crippen molar-refractivity contribution in [2.24, 2.45) is 11.7 Å². The summed E-state index contributed by atoms with van der Waals surface area (Å²) in [6.45, 7) is 3.90. The molecule has 3 rings (SSSR count). The first-order valence-corrected chi connectivity index (χ1v) is 6.61. The lowest BCUT2D eigenvalue weighted by Crippen LogP contribution is -2.36. The third-order valence-corrected chi connectivity index (χ3v) is 3.95. The zero-order valence-corrected chi connectivity index (χ0v) is 11.2. The number of hydrogen-bond donors (Lipinski definition) is 2. The maximum Gasteiger partial charge on any atom is 0.132 e. The number of H-pyrrole nitrogens is 1. The van der Waals surface area contributed by atoms with Crippen LogP contribution in [0.5, 0.6) is 0 Å². The average molecular weight is 259 g/mol. The second-order valence-electron chi connectivity index (χ2n) is 5.60. The van der Waals surface area contributed by atoms with Crippen LogP contribution in [-0.4, -0.2) is 9.97 Å². The van der Waals surface area contributed by atoms with Gasteiger partial charge in [0.05, 0.1) is 11.2 Å². The number of benzene rings is 1. The molecule has 1 saturated carbocycles. The molecule has 3 nitrogen and oxygen atoms in total. The quantitative estimate of drug-likeness (QED) is 0.889. The number of nitrogens with two attached hydrogens (primary N) is 1. The highest BCUT2D eigenvalue weighted by Gasteiger charge is 2.42. The van der Waals surface area contributed by atoms with Crippen molar-refractivity contribution in [3.05, 3.63) is 41.6 Å². The molecule has 0 aliphatic heterocycles. The standard InChI is InChI=1S/C15H18FN3/c1-9-13(11-5-3-4-6-12(11)16)19-14(18-9)15(2,17)10-7-8-10/h3-6,10H,7-8,17H2,1-2H3,(H,18,19). The van der Waals surface area contributed by atoms with Crippen molar-refractivity contribution < 1.29 is 4.39 Å². The predicted octanol–water partition coefficient (Wildman–Crippen LogP) is 3.11. The van der Waals surface area contributed by atoms with E-state index in [0.29, 0.717) is 17.2 Å². The lowest BCUT2D eigenvalue weighted by Gasteiger charge is -2.21. The van der Waals surface area contributed by atoms with E-state index in [1.807, 2.05) is 19.9 Å². The highest BCUT2D eigenvalue weighted by atomic mass is 19.1. The Labute approximate surface area is 112 Å². The highest BCUT2D eigenvalue weighted by molar-refractivity contribution is 5.62. The van der Waals surface area contributed by atoms with Gasteiger partial charge in [-0.05, 0) is 44.7 Å². The molecular formula is C15H18FN3. The van der Waals surface area contributed by atoms with Gasteiger partial charge in [0, 0.05) is 11.3 Å². The van der Waals surface area contributed by atoms with Gasteiger partial charge in [-0.3, -0.25) is 0 Å². The van der Waals surface area contributed by atoms with Gasteiger partial charge in [0.2, 0.25) is 0 Å². The molecule has 2 aromatic rings. The number of nitrogens with one attached hydrogen (secondary N) is 1. The van der Waals surface area contributed by atoms with Gasteiger partial charge < -0.3 is 10.7 Å². The van der Waals surface area contributed by atoms with Crippen molar-refractivity contribution in [1.29, 1.82) is 0 Å². The Kier molecular flexibility index (Phi) is 2.71. The molecule has 100 valence electrons. The molecule has 0 spiro atoms. The summed E-state index contributed by atoms with van der Waals surface area (Å²) in [5, 5.41) is 0. The van der Waals surface area contributed by atoms with Crippen LogP contribution >= 0.6 is 0 Å². The van der Waals surface area contributed by atoms with E-state index in [2.05, 4.69) is 9.97 Å². The van der Waals surface area contributed by atoms with Crippen LogP contribution in [0.25, 0.3) is 11.3 Å². The van der Waals surface area contributed by atoms with Crippen LogP contribution in [0.1, 0.15) is 31.3 Å². The number of halogens is 1. The summed E-state index contributed by atoms with van der Waals surface area (Å²) >= 11 is 0. The van der Waals surface area contributed by atoms with Gasteiger partial charge in [0.25, 0.3) is 0 Å². The smallest absolute Gasteiger partial charge is 0.132 e. The fraction of sp³-hybridized carbons (Fsp3) is 0.400. The summed E-state index contributed by atoms with van der Waals surface area (Å²) in [6, 6.07) is 6.69. The van der Waals surface area contributed by atoms with Gasteiger partial charge in [-0.1, -0.05) is 12.1 Å². The first-order chi connectivity index (χ1) is 9.00. The van der Waals surface area contributed by atoms with Crippen LogP contribution < -0.4 is 5.73 Å². The van der Waals surface area contributed by atoms with E-state index in [-0.39, 0.29) is 5.82 Å². The Morgan fingerprint density at radius 1 is 1.37 bits per heavy atom. The van der Waals surface area contributed by atoms with E-state index in [1.54, 1.807) is 12.1 Å². The zero-order chi connectivity index (χ0) is 13.6. The molecule has 1 aliphatic rings. The van der Waals surface area contributed by atoms with Gasteiger partial charge in [-0.15, -0.1) is 0 Å². The number of aromatic nitrogens is 2. The lowest BCUT2D eigenvalue weighted by molar-refractivity contribution is 0.404. The number of aromatic amines is 1. The van der Waals surface area contributed by atoms with Crippen molar-refractivity contribution in [1.82, 2.24) is 9.97 Å². The summed E-state index contributed by atoms with van der Waals surface area (Å²) in [5.74, 6) is 0.978. The minimum atomic E-state index is -0.450. The van der Waals surface area contributed by atoms with Crippen molar-refractivity contribution in [3.63, 3.8) is 0 Å². The Morgan fingerprint density at radius 2 is 2.05 bits per heavy atom. The van der Waals surface area contributed by atoms with Gasteiger partial charge in [0.1, 0.15) is 11.6 Å². The predicted molar refractivity (Wildman–Crippen MR) is 73.0 cm³/mol. The molecule has 0 bridgehead atoms. The van der Waals surface area contributed by atoms with Crippen LogP contribution in [0.15, 0.2) is 24.3 Å². The fourth-order valence-corrected chi connectivity index (χ4v) is 2.51. The van der Waals surface area contributed by atoms with E-state index in [0.717, 1.165) is 24.4 Å². The van der Waals surface area contributed by atoms with E-state index in [9.17, 15) is 4.39 Å². The molecule has 1 heterocycles. The minimum absolute atomic E-state index is 0.256. The lowest BCUT2D eigenvalue weighted by atomic mass is 9.97.